The molecular formula is C23H19ClN4O2. The topological polar surface area (TPSA) is 76.0 Å². The molecule has 30 heavy (non-hydrogen) atoms. The molecule has 3 aromatic carbocycles. The van der Waals surface area contributed by atoms with Crippen LogP contribution in [0.2, 0.25) is 5.02 Å². The normalized spacial score (nSPS) is 10.7. The van der Waals surface area contributed by atoms with Crippen LogP contribution in [0.15, 0.2) is 72.8 Å². The van der Waals surface area contributed by atoms with Crippen LogP contribution in [-0.2, 0) is 11.2 Å². The molecule has 4 rings (SSSR count). The zero-order valence-electron chi connectivity index (χ0n) is 16.2. The van der Waals surface area contributed by atoms with E-state index in [1.807, 2.05) is 47.9 Å². The number of fused-ring (bicyclic) bond motifs is 1. The van der Waals surface area contributed by atoms with Crippen LogP contribution in [0.4, 0.5) is 0 Å². The van der Waals surface area contributed by atoms with Crippen molar-refractivity contribution in [1.82, 2.24) is 20.4 Å². The van der Waals surface area contributed by atoms with Gasteiger partial charge in [0.05, 0.1) is 17.5 Å². The molecule has 7 heteroatoms. The summed E-state index contributed by atoms with van der Waals surface area (Å²) in [4.78, 5) is 29.1. The van der Waals surface area contributed by atoms with Gasteiger partial charge >= 0.3 is 0 Å². The van der Waals surface area contributed by atoms with Gasteiger partial charge in [0, 0.05) is 16.3 Å². The van der Waals surface area contributed by atoms with Crippen LogP contribution in [0.1, 0.15) is 21.7 Å². The summed E-state index contributed by atoms with van der Waals surface area (Å²) in [5, 5.41) is 0.604. The smallest absolute Gasteiger partial charge is 0.269 e. The van der Waals surface area contributed by atoms with Crippen molar-refractivity contribution in [2.24, 2.45) is 0 Å². The zero-order chi connectivity index (χ0) is 21.1. The molecule has 0 spiro atoms. The Balaban J connectivity index is 1.46. The molecule has 0 aliphatic carbocycles. The second-order valence-corrected chi connectivity index (χ2v) is 7.28. The van der Waals surface area contributed by atoms with Crippen molar-refractivity contribution in [2.45, 2.75) is 13.3 Å². The summed E-state index contributed by atoms with van der Waals surface area (Å²) in [7, 11) is 0. The number of rotatable bonds is 4. The molecule has 0 fully saturated rings. The highest BCUT2D eigenvalue weighted by molar-refractivity contribution is 6.30. The maximum atomic E-state index is 12.5. The minimum atomic E-state index is -0.409. The highest BCUT2D eigenvalue weighted by Crippen LogP contribution is 2.22. The number of amides is 2. The van der Waals surface area contributed by atoms with Gasteiger partial charge < -0.3 is 0 Å². The number of halogens is 1. The fraction of sp³-hybridized carbons (Fsp3) is 0.0870. The first kappa shape index (κ1) is 19.7. The number of aromatic nitrogens is 2. The van der Waals surface area contributed by atoms with Gasteiger partial charge in [-0.15, -0.1) is 0 Å². The van der Waals surface area contributed by atoms with Gasteiger partial charge in [0.2, 0.25) is 5.91 Å². The number of hydrogen-bond acceptors (Lipinski definition) is 3. The maximum Gasteiger partial charge on any atom is 0.269 e. The number of aryl methyl sites for hydroxylation is 1. The van der Waals surface area contributed by atoms with Gasteiger partial charge in [0.25, 0.3) is 5.91 Å². The molecule has 2 amide bonds. The predicted molar refractivity (Wildman–Crippen MR) is 117 cm³/mol. The van der Waals surface area contributed by atoms with Gasteiger partial charge in [-0.05, 0) is 55.0 Å². The molecule has 150 valence electrons. The maximum absolute atomic E-state index is 12.5. The van der Waals surface area contributed by atoms with Crippen LogP contribution >= 0.6 is 11.6 Å². The summed E-state index contributed by atoms with van der Waals surface area (Å²) < 4.78 is 2.03. The SMILES string of the molecule is Cc1nc2cc(C(=O)NNC(=O)Cc3ccc(Cl)cc3)ccc2n1-c1ccccc1. The standard InChI is InChI=1S/C23H19ClN4O2/c1-15-25-20-14-17(9-12-21(20)28(15)19-5-3-2-4-6-19)23(30)27-26-22(29)13-16-7-10-18(24)11-8-16/h2-12,14H,13H2,1H3,(H,26,29)(H,27,30). The molecule has 0 unspecified atom stereocenters. The predicted octanol–water partition coefficient (Wildman–Crippen LogP) is 3.99. The third-order valence-electron chi connectivity index (χ3n) is 4.69. The number of imidazole rings is 1. The Morgan fingerprint density at radius 3 is 2.43 bits per heavy atom. The molecular weight excluding hydrogens is 400 g/mol. The Hall–Kier alpha value is -3.64. The Morgan fingerprint density at radius 2 is 1.70 bits per heavy atom. The highest BCUT2D eigenvalue weighted by atomic mass is 35.5. The number of benzene rings is 3. The number of nitrogens with one attached hydrogen (secondary N) is 2. The lowest BCUT2D eigenvalue weighted by atomic mass is 10.1. The molecule has 0 saturated heterocycles. The van der Waals surface area contributed by atoms with Crippen LogP contribution in [-0.4, -0.2) is 21.4 Å². The highest BCUT2D eigenvalue weighted by Gasteiger charge is 2.13. The number of para-hydroxylation sites is 1. The van der Waals surface area contributed by atoms with E-state index in [1.165, 1.54) is 0 Å². The molecule has 0 saturated carbocycles. The van der Waals surface area contributed by atoms with E-state index in [9.17, 15) is 9.59 Å². The van der Waals surface area contributed by atoms with E-state index in [4.69, 9.17) is 11.6 Å². The summed E-state index contributed by atoms with van der Waals surface area (Å²) >= 11 is 5.84. The van der Waals surface area contributed by atoms with Gasteiger partial charge in [0.15, 0.2) is 0 Å². The van der Waals surface area contributed by atoms with E-state index >= 15 is 0 Å². The third-order valence-corrected chi connectivity index (χ3v) is 4.94. The summed E-state index contributed by atoms with van der Waals surface area (Å²) in [6, 6.07) is 22.1. The number of carbonyl (C=O) groups is 2. The quantitative estimate of drug-likeness (QED) is 0.492. The molecule has 6 nitrogen and oxygen atoms in total. The van der Waals surface area contributed by atoms with Crippen LogP contribution in [0.3, 0.4) is 0 Å². The minimum Gasteiger partial charge on any atom is -0.297 e. The Kier molecular flexibility index (Phi) is 5.50. The van der Waals surface area contributed by atoms with Crippen molar-refractivity contribution < 1.29 is 9.59 Å². The van der Waals surface area contributed by atoms with Crippen molar-refractivity contribution in [3.63, 3.8) is 0 Å². The number of hydrazine groups is 1. The largest absolute Gasteiger partial charge is 0.297 e. The molecule has 2 N–H and O–H groups in total. The van der Waals surface area contributed by atoms with E-state index in [0.717, 1.165) is 22.6 Å². The van der Waals surface area contributed by atoms with Gasteiger partial charge in [0.1, 0.15) is 5.82 Å². The molecule has 1 heterocycles. The Morgan fingerprint density at radius 1 is 0.967 bits per heavy atom. The Labute approximate surface area is 178 Å². The first-order valence-electron chi connectivity index (χ1n) is 9.39. The Bertz CT molecular complexity index is 1220. The van der Waals surface area contributed by atoms with Gasteiger partial charge in [-0.1, -0.05) is 41.9 Å². The van der Waals surface area contributed by atoms with E-state index in [0.29, 0.717) is 16.1 Å². The lowest BCUT2D eigenvalue weighted by Crippen LogP contribution is -2.42. The van der Waals surface area contributed by atoms with Crippen LogP contribution in [0.5, 0.6) is 0 Å². The van der Waals surface area contributed by atoms with Crippen LogP contribution < -0.4 is 10.9 Å². The second kappa shape index (κ2) is 8.39. The summed E-state index contributed by atoms with van der Waals surface area (Å²) in [6.07, 6.45) is 0.136. The number of carbonyl (C=O) groups excluding carboxylic acids is 2. The molecule has 0 bridgehead atoms. The lowest BCUT2D eigenvalue weighted by molar-refractivity contribution is -0.121. The number of nitrogens with zero attached hydrogens (tertiary/aromatic N) is 2. The van der Waals surface area contributed by atoms with Gasteiger partial charge in [-0.2, -0.15) is 0 Å². The van der Waals surface area contributed by atoms with E-state index < -0.39 is 5.91 Å². The average molecular weight is 419 g/mol. The van der Waals surface area contributed by atoms with Crippen LogP contribution in [0, 0.1) is 6.92 Å². The molecule has 0 atom stereocenters. The first-order chi connectivity index (χ1) is 14.5. The summed E-state index contributed by atoms with van der Waals surface area (Å²) in [5.74, 6) is 0.0919. The monoisotopic (exact) mass is 418 g/mol. The second-order valence-electron chi connectivity index (χ2n) is 6.84. The lowest BCUT2D eigenvalue weighted by Gasteiger charge is -2.09. The van der Waals surface area contributed by atoms with Crippen molar-refractivity contribution in [3.05, 3.63) is 94.8 Å². The van der Waals surface area contributed by atoms with Crippen molar-refractivity contribution in [3.8, 4) is 5.69 Å². The van der Waals surface area contributed by atoms with Crippen molar-refractivity contribution >= 4 is 34.4 Å². The van der Waals surface area contributed by atoms with Gasteiger partial charge in [-0.25, -0.2) is 4.98 Å². The third kappa shape index (κ3) is 4.18. The van der Waals surface area contributed by atoms with Crippen molar-refractivity contribution in [1.29, 1.82) is 0 Å². The number of hydrogen-bond donors (Lipinski definition) is 2. The average Bonchev–Trinajstić information content (AvgIpc) is 3.09. The van der Waals surface area contributed by atoms with Crippen LogP contribution in [0.25, 0.3) is 16.7 Å². The van der Waals surface area contributed by atoms with E-state index in [1.54, 1.807) is 36.4 Å². The fourth-order valence-corrected chi connectivity index (χ4v) is 3.40. The molecule has 0 aliphatic rings. The molecule has 1 aromatic heterocycles. The van der Waals surface area contributed by atoms with Gasteiger partial charge in [-0.3, -0.25) is 25.0 Å². The van der Waals surface area contributed by atoms with E-state index in [-0.39, 0.29) is 12.3 Å². The fourth-order valence-electron chi connectivity index (χ4n) is 3.28. The molecule has 0 radical (unpaired) electrons. The summed E-state index contributed by atoms with van der Waals surface area (Å²) in [5.41, 5.74) is 8.71. The molecule has 0 aliphatic heterocycles. The van der Waals surface area contributed by atoms with E-state index in [2.05, 4.69) is 15.8 Å². The zero-order valence-corrected chi connectivity index (χ0v) is 17.0. The molecule has 4 aromatic rings. The van der Waals surface area contributed by atoms with Crippen molar-refractivity contribution in [2.75, 3.05) is 0 Å². The first-order valence-corrected chi connectivity index (χ1v) is 9.77. The minimum absolute atomic E-state index is 0.136. The summed E-state index contributed by atoms with van der Waals surface area (Å²) in [6.45, 7) is 1.92.